The first-order valence-corrected chi connectivity index (χ1v) is 51.6. The fraction of sp³-hybridized carbons (Fsp3) is 0.857. The molecule has 5 saturated heterocycles. The van der Waals surface area contributed by atoms with Crippen molar-refractivity contribution >= 4 is 29.8 Å². The van der Waals surface area contributed by atoms with Crippen LogP contribution in [0.3, 0.4) is 0 Å². The van der Waals surface area contributed by atoms with Crippen molar-refractivity contribution < 1.29 is 95.0 Å². The maximum absolute atomic E-state index is 12.0. The fourth-order valence-electron chi connectivity index (χ4n) is 34.4. The third-order valence-electron chi connectivity index (χ3n) is 38.7. The summed E-state index contributed by atoms with van der Waals surface area (Å²) in [5.74, 6) is 33.3. The van der Waals surface area contributed by atoms with Crippen molar-refractivity contribution in [3.8, 4) is 0 Å². The second kappa shape index (κ2) is 39.8. The summed E-state index contributed by atoms with van der Waals surface area (Å²) in [4.78, 5) is 59.3. The molecule has 0 aromatic rings. The van der Waals surface area contributed by atoms with Crippen LogP contribution in [-0.2, 0) is 95.0 Å². The Kier molecular flexibility index (Phi) is 27.8. The largest absolute Gasteiger partial charge is 0.463 e. The van der Waals surface area contributed by atoms with Crippen molar-refractivity contribution in [2.75, 3.05) is 100 Å². The standard InChI is InChI=1S/C23H34O4.C22H32O4.C21H30O4.C20H28O4.C19H26O4/c24-21(26-13-19-12-25-14-27-19)6-4-2-1-3-5-15-9-18-11-20(15)23-17-8-7-16(10-17)22(18)23;23-20(25-12-18-11-24-13-26-18)5-3-1-2-4-14-8-17-10-19(14)22-16-7-6-15(9-16)21(17)22;22-19(24-11-17-10-23-12-25-17)4-2-1-3-13-7-16-9-18(13)21-15-6-5-14(8-15)20(16)21;21-18(23-10-16-9-22-11-24-16)3-1-2-12-6-15-8-17(12)20-14-5-4-13(7-14)19(15)20;20-17(22-9-15-8-21-10-23-15)4-3-11-5-14-7-16(11)19-13-2-1-12(6-13)18(14)19/h7-8,15-20,22-23H,1-6,9-14H2;6-7,14-19,21-22H,1-5,8-13H2;5-6,13-18,20-21H,1-4,7-12H2;4-5,12-17,19-20H,1-3,6-11H2;1-2,11-16,18-19H,3-10H2. The van der Waals surface area contributed by atoms with Crippen LogP contribution in [-0.4, -0.2) is 160 Å². The van der Waals surface area contributed by atoms with Gasteiger partial charge in [0.1, 0.15) is 97.5 Å². The van der Waals surface area contributed by atoms with Crippen LogP contribution in [0, 0.1) is 207 Å². The molecule has 690 valence electrons. The van der Waals surface area contributed by atoms with E-state index in [9.17, 15) is 24.0 Å². The number of unbranched alkanes of at least 4 members (excludes halogenated alkanes) is 6. The van der Waals surface area contributed by atoms with E-state index < -0.39 is 0 Å². The molecule has 20 fully saturated rings. The second-order valence-electron chi connectivity index (χ2n) is 44.8. The minimum Gasteiger partial charge on any atom is -0.463 e. The Hall–Kier alpha value is -4.35. The summed E-state index contributed by atoms with van der Waals surface area (Å²) in [6.07, 6.45) is 67.2. The molecule has 0 spiro atoms. The van der Waals surface area contributed by atoms with Gasteiger partial charge in [-0.3, -0.25) is 24.0 Å². The lowest BCUT2D eigenvalue weighted by atomic mass is 9.68. The highest BCUT2D eigenvalue weighted by molar-refractivity contribution is 5.71. The Morgan fingerprint density at radius 2 is 0.424 bits per heavy atom. The molecule has 0 aromatic heterocycles. The second-order valence-corrected chi connectivity index (χ2v) is 44.8. The Morgan fingerprint density at radius 3 is 0.688 bits per heavy atom. The van der Waals surface area contributed by atoms with E-state index in [4.69, 9.17) is 71.1 Å². The number of carbonyl (C=O) groups is 5. The third-order valence-corrected chi connectivity index (χ3v) is 38.7. The molecule has 0 amide bonds. The van der Waals surface area contributed by atoms with E-state index >= 15 is 0 Å². The van der Waals surface area contributed by atoms with E-state index in [1.807, 2.05) is 0 Å². The molecule has 20 bridgehead atoms. The first-order chi connectivity index (χ1) is 61.5. The summed E-state index contributed by atoms with van der Waals surface area (Å²) in [5.41, 5.74) is 0. The number of hydrogen-bond acceptors (Lipinski definition) is 20. The number of carbonyl (C=O) groups excluding carboxylic acids is 5. The van der Waals surface area contributed by atoms with Crippen molar-refractivity contribution in [3.05, 3.63) is 60.8 Å². The molecule has 25 rings (SSSR count). The Bertz CT molecular complexity index is 3800. The number of hydrogen-bond donors (Lipinski definition) is 0. The van der Waals surface area contributed by atoms with Crippen LogP contribution in [0.15, 0.2) is 60.8 Å². The molecule has 20 heteroatoms. The van der Waals surface area contributed by atoms with Crippen molar-refractivity contribution in [3.63, 3.8) is 0 Å². The van der Waals surface area contributed by atoms with Crippen molar-refractivity contribution in [2.24, 2.45) is 207 Å². The van der Waals surface area contributed by atoms with Crippen molar-refractivity contribution in [1.29, 1.82) is 0 Å². The van der Waals surface area contributed by atoms with Crippen LogP contribution >= 0.6 is 0 Å². The molecule has 0 radical (unpaired) electrons. The summed E-state index contributed by atoms with van der Waals surface area (Å²) >= 11 is 0. The van der Waals surface area contributed by atoms with Gasteiger partial charge >= 0.3 is 29.8 Å². The lowest BCUT2D eigenvalue weighted by Crippen LogP contribution is -2.31. The first kappa shape index (κ1) is 87.3. The molecule has 0 aromatic carbocycles. The Morgan fingerprint density at radius 1 is 0.216 bits per heavy atom. The molecule has 20 aliphatic carbocycles. The Labute approximate surface area is 744 Å². The molecular formula is C105H150O20. The van der Waals surface area contributed by atoms with Crippen LogP contribution in [0.2, 0.25) is 0 Å². The predicted molar refractivity (Wildman–Crippen MR) is 463 cm³/mol. The number of esters is 5. The quantitative estimate of drug-likeness (QED) is 0.0189. The molecule has 125 heavy (non-hydrogen) atoms. The summed E-state index contributed by atoms with van der Waals surface area (Å²) < 4.78 is 78.4. The molecule has 20 nitrogen and oxygen atoms in total. The summed E-state index contributed by atoms with van der Waals surface area (Å²) in [6, 6.07) is 0. The molecule has 5 aliphatic heterocycles. The summed E-state index contributed by atoms with van der Waals surface area (Å²) in [5, 5.41) is 0. The van der Waals surface area contributed by atoms with Gasteiger partial charge in [-0.05, 0) is 342 Å². The fourth-order valence-corrected chi connectivity index (χ4v) is 34.4. The number of allylic oxidation sites excluding steroid dienone is 10. The SMILES string of the molecule is O=C(CCC1CC2CC1C1C3C=CC(C3)C21)OCC1COCO1.O=C(CCCC1CC2CC1C1C3C=CC(C3)C21)OCC1COCO1.O=C(CCCCC1CC2CC1C1C3C=CC(C3)C21)OCC1COCO1.O=C(CCCCCC1CC2CC1C1C3C=CC(C3)C21)OCC1COCO1.O=C(CCCCCCC1CC2CC1C1C3C=CC(C3)C21)OCC1COCO1. The monoisotopic (exact) mass is 1730 g/mol. The summed E-state index contributed by atoms with van der Waals surface area (Å²) in [7, 11) is 0. The molecule has 40 atom stereocenters. The first-order valence-electron chi connectivity index (χ1n) is 51.6. The average molecular weight is 1730 g/mol. The van der Waals surface area contributed by atoms with E-state index in [1.54, 1.807) is 0 Å². The zero-order valence-electron chi connectivity index (χ0n) is 74.9. The molecule has 5 heterocycles. The van der Waals surface area contributed by atoms with Gasteiger partial charge in [-0.2, -0.15) is 0 Å². The van der Waals surface area contributed by atoms with Crippen molar-refractivity contribution in [2.45, 2.75) is 255 Å². The molecule has 40 unspecified atom stereocenters. The molecule has 0 N–H and O–H groups in total. The lowest BCUT2D eigenvalue weighted by Gasteiger charge is -2.36. The highest BCUT2D eigenvalue weighted by Gasteiger charge is 2.66. The van der Waals surface area contributed by atoms with Gasteiger partial charge in [0.15, 0.2) is 0 Å². The summed E-state index contributed by atoms with van der Waals surface area (Å²) in [6.45, 7) is 6.01. The van der Waals surface area contributed by atoms with Gasteiger partial charge in [-0.15, -0.1) is 0 Å². The average Bonchev–Trinajstić information content (AvgIpc) is 1.58. The topological polar surface area (TPSA) is 224 Å². The molecule has 15 saturated carbocycles. The maximum atomic E-state index is 12.0. The zero-order chi connectivity index (χ0) is 84.0. The van der Waals surface area contributed by atoms with Gasteiger partial charge in [0.05, 0.1) is 33.0 Å². The van der Waals surface area contributed by atoms with E-state index in [2.05, 4.69) is 60.8 Å². The van der Waals surface area contributed by atoms with Gasteiger partial charge in [0.2, 0.25) is 0 Å². The number of fused-ring (bicyclic) bond motifs is 45. The van der Waals surface area contributed by atoms with Gasteiger partial charge in [-0.25, -0.2) is 0 Å². The van der Waals surface area contributed by atoms with Gasteiger partial charge < -0.3 is 71.1 Å². The van der Waals surface area contributed by atoms with Crippen LogP contribution in [0.25, 0.3) is 0 Å². The highest BCUT2D eigenvalue weighted by atomic mass is 16.7. The van der Waals surface area contributed by atoms with Crippen LogP contribution in [0.1, 0.15) is 225 Å². The van der Waals surface area contributed by atoms with E-state index in [1.165, 1.54) is 148 Å². The Balaban J connectivity index is 0.0000000957. The normalized spacial score (nSPS) is 46.1. The zero-order valence-corrected chi connectivity index (χ0v) is 74.9. The van der Waals surface area contributed by atoms with Crippen LogP contribution in [0.4, 0.5) is 0 Å². The highest BCUT2D eigenvalue weighted by Crippen LogP contribution is 2.73. The minimum absolute atomic E-state index is 0.0624. The van der Waals surface area contributed by atoms with Crippen LogP contribution in [0.5, 0.6) is 0 Å². The number of rotatable bonds is 35. The van der Waals surface area contributed by atoms with Gasteiger partial charge in [0.25, 0.3) is 0 Å². The maximum Gasteiger partial charge on any atom is 0.305 e. The van der Waals surface area contributed by atoms with Crippen molar-refractivity contribution in [1.82, 2.24) is 0 Å². The minimum atomic E-state index is -0.0889. The van der Waals surface area contributed by atoms with E-state index in [-0.39, 0.29) is 60.4 Å². The smallest absolute Gasteiger partial charge is 0.305 e. The van der Waals surface area contributed by atoms with Gasteiger partial charge in [0, 0.05) is 32.1 Å². The number of ether oxygens (including phenoxy) is 15. The lowest BCUT2D eigenvalue weighted by molar-refractivity contribution is -0.147. The van der Waals surface area contributed by atoms with Crippen LogP contribution < -0.4 is 0 Å². The van der Waals surface area contributed by atoms with E-state index in [0.29, 0.717) is 132 Å². The molecule has 25 aliphatic rings. The third kappa shape index (κ3) is 18.9. The van der Waals surface area contributed by atoms with Gasteiger partial charge in [-0.1, -0.05) is 119 Å². The molecular weight excluding hydrogens is 1580 g/mol. The predicted octanol–water partition coefficient (Wildman–Crippen LogP) is 17.8. The van der Waals surface area contributed by atoms with E-state index in [0.717, 1.165) is 252 Å².